The second-order valence-corrected chi connectivity index (χ2v) is 7.32. The fourth-order valence-electron chi connectivity index (χ4n) is 3.74. The molecule has 6 heteroatoms. The van der Waals surface area contributed by atoms with E-state index in [4.69, 9.17) is 4.74 Å². The molecular formula is C23H26N4O2. The Kier molecular flexibility index (Phi) is 5.89. The van der Waals surface area contributed by atoms with Crippen LogP contribution in [-0.4, -0.2) is 41.6 Å². The molecule has 1 amide bonds. The van der Waals surface area contributed by atoms with E-state index in [0.717, 1.165) is 60.4 Å². The minimum Gasteiger partial charge on any atom is -0.483 e. The highest BCUT2D eigenvalue weighted by Crippen LogP contribution is 2.25. The summed E-state index contributed by atoms with van der Waals surface area (Å²) in [5.74, 6) is 1.64. The van der Waals surface area contributed by atoms with Crippen LogP contribution in [0.4, 0.5) is 5.82 Å². The van der Waals surface area contributed by atoms with Crippen molar-refractivity contribution in [3.8, 4) is 5.75 Å². The molecule has 0 saturated carbocycles. The summed E-state index contributed by atoms with van der Waals surface area (Å²) in [6, 6.07) is 16.1. The van der Waals surface area contributed by atoms with E-state index in [1.807, 2.05) is 42.5 Å². The van der Waals surface area contributed by atoms with Crippen LogP contribution in [-0.2, 0) is 11.2 Å². The van der Waals surface area contributed by atoms with E-state index in [1.165, 1.54) is 0 Å². The number of aromatic nitrogens is 2. The van der Waals surface area contributed by atoms with Crippen molar-refractivity contribution in [3.05, 3.63) is 60.6 Å². The van der Waals surface area contributed by atoms with Gasteiger partial charge in [0.25, 0.3) is 5.91 Å². The van der Waals surface area contributed by atoms with Crippen molar-refractivity contribution in [2.24, 2.45) is 0 Å². The van der Waals surface area contributed by atoms with Gasteiger partial charge < -0.3 is 15.0 Å². The van der Waals surface area contributed by atoms with Gasteiger partial charge in [0.2, 0.25) is 0 Å². The number of fused-ring (bicyclic) bond motifs is 1. The summed E-state index contributed by atoms with van der Waals surface area (Å²) in [4.78, 5) is 23.3. The molecule has 2 heterocycles. The number of benzene rings is 2. The van der Waals surface area contributed by atoms with Crippen molar-refractivity contribution in [1.29, 1.82) is 0 Å². The van der Waals surface area contributed by atoms with Crippen LogP contribution >= 0.6 is 0 Å². The molecule has 1 aromatic heterocycles. The average Bonchev–Trinajstić information content (AvgIpc) is 2.78. The van der Waals surface area contributed by atoms with Crippen LogP contribution in [0.2, 0.25) is 0 Å². The van der Waals surface area contributed by atoms with Gasteiger partial charge in [0.1, 0.15) is 17.9 Å². The van der Waals surface area contributed by atoms with E-state index >= 15 is 0 Å². The summed E-state index contributed by atoms with van der Waals surface area (Å²) in [6.07, 6.45) is 4.32. The standard InChI is InChI=1S/C23H26N4O2/c1-2-18-14-22(25-16-24-18)27-12-10-19(11-13-27)26-23(28)15-29-21-9-5-7-17-6-3-4-8-20(17)21/h3-9,14,16,19H,2,10-13,15H2,1H3,(H,26,28). The largest absolute Gasteiger partial charge is 0.483 e. The van der Waals surface area contributed by atoms with E-state index in [1.54, 1.807) is 6.33 Å². The number of hydrogen-bond donors (Lipinski definition) is 1. The number of rotatable bonds is 6. The monoisotopic (exact) mass is 390 g/mol. The van der Waals surface area contributed by atoms with Crippen molar-refractivity contribution in [3.63, 3.8) is 0 Å². The summed E-state index contributed by atoms with van der Waals surface area (Å²) < 4.78 is 5.80. The first kappa shape index (κ1) is 19.2. The Labute approximate surface area is 170 Å². The van der Waals surface area contributed by atoms with E-state index in [2.05, 4.69) is 33.2 Å². The maximum Gasteiger partial charge on any atom is 0.258 e. The Morgan fingerprint density at radius 1 is 1.14 bits per heavy atom. The predicted octanol–water partition coefficient (Wildman–Crippen LogP) is 3.36. The Hall–Kier alpha value is -3.15. The molecule has 1 fully saturated rings. The minimum absolute atomic E-state index is 0.0278. The summed E-state index contributed by atoms with van der Waals surface area (Å²) in [6.45, 7) is 3.86. The van der Waals surface area contributed by atoms with Crippen molar-refractivity contribution >= 4 is 22.5 Å². The van der Waals surface area contributed by atoms with Gasteiger partial charge in [0.15, 0.2) is 6.61 Å². The molecule has 150 valence electrons. The summed E-state index contributed by atoms with van der Waals surface area (Å²) in [5.41, 5.74) is 1.05. The topological polar surface area (TPSA) is 67.4 Å². The first-order valence-electron chi connectivity index (χ1n) is 10.2. The quantitative estimate of drug-likeness (QED) is 0.699. The molecule has 1 N–H and O–H groups in total. The van der Waals surface area contributed by atoms with Crippen molar-refractivity contribution in [1.82, 2.24) is 15.3 Å². The zero-order chi connectivity index (χ0) is 20.1. The number of carbonyl (C=O) groups is 1. The number of anilines is 1. The SMILES string of the molecule is CCc1cc(N2CCC(NC(=O)COc3cccc4ccccc34)CC2)ncn1. The van der Waals surface area contributed by atoms with E-state index in [-0.39, 0.29) is 18.6 Å². The highest BCUT2D eigenvalue weighted by atomic mass is 16.5. The summed E-state index contributed by atoms with van der Waals surface area (Å²) >= 11 is 0. The number of nitrogens with one attached hydrogen (secondary N) is 1. The van der Waals surface area contributed by atoms with E-state index in [9.17, 15) is 4.79 Å². The third-order valence-corrected chi connectivity index (χ3v) is 5.36. The fourth-order valence-corrected chi connectivity index (χ4v) is 3.74. The number of carbonyl (C=O) groups excluding carboxylic acids is 1. The third-order valence-electron chi connectivity index (χ3n) is 5.36. The lowest BCUT2D eigenvalue weighted by atomic mass is 10.0. The van der Waals surface area contributed by atoms with Crippen LogP contribution in [0.15, 0.2) is 54.9 Å². The molecule has 3 aromatic rings. The highest BCUT2D eigenvalue weighted by molar-refractivity contribution is 5.88. The van der Waals surface area contributed by atoms with Crippen LogP contribution in [0.3, 0.4) is 0 Å². The molecule has 1 aliphatic rings. The molecule has 0 atom stereocenters. The molecule has 2 aromatic carbocycles. The third kappa shape index (κ3) is 4.65. The zero-order valence-corrected chi connectivity index (χ0v) is 16.7. The minimum atomic E-state index is -0.0771. The van der Waals surface area contributed by atoms with Gasteiger partial charge in [-0.05, 0) is 30.7 Å². The Bertz CT molecular complexity index is 978. The molecular weight excluding hydrogens is 364 g/mol. The molecule has 0 radical (unpaired) electrons. The molecule has 1 aliphatic heterocycles. The summed E-state index contributed by atoms with van der Waals surface area (Å²) in [7, 11) is 0. The number of amides is 1. The second-order valence-electron chi connectivity index (χ2n) is 7.32. The fraction of sp³-hybridized carbons (Fsp3) is 0.348. The van der Waals surface area contributed by atoms with Gasteiger partial charge in [-0.3, -0.25) is 4.79 Å². The molecule has 0 bridgehead atoms. The molecule has 6 nitrogen and oxygen atoms in total. The number of aryl methyl sites for hydroxylation is 1. The Balaban J connectivity index is 1.27. The van der Waals surface area contributed by atoms with Crippen molar-refractivity contribution < 1.29 is 9.53 Å². The number of hydrogen-bond acceptors (Lipinski definition) is 5. The van der Waals surface area contributed by atoms with Gasteiger partial charge in [0.05, 0.1) is 0 Å². The van der Waals surface area contributed by atoms with Crippen LogP contribution in [0.1, 0.15) is 25.5 Å². The second kappa shape index (κ2) is 8.90. The number of nitrogens with zero attached hydrogens (tertiary/aromatic N) is 3. The average molecular weight is 390 g/mol. The van der Waals surface area contributed by atoms with Crippen LogP contribution in [0.25, 0.3) is 10.8 Å². The van der Waals surface area contributed by atoms with Gasteiger partial charge in [-0.1, -0.05) is 43.3 Å². The number of piperidine rings is 1. The highest BCUT2D eigenvalue weighted by Gasteiger charge is 2.22. The van der Waals surface area contributed by atoms with Crippen LogP contribution < -0.4 is 15.0 Å². The van der Waals surface area contributed by atoms with Gasteiger partial charge in [0, 0.05) is 36.3 Å². The van der Waals surface area contributed by atoms with Crippen LogP contribution in [0, 0.1) is 0 Å². The van der Waals surface area contributed by atoms with Gasteiger partial charge in [-0.25, -0.2) is 9.97 Å². The van der Waals surface area contributed by atoms with Gasteiger partial charge >= 0.3 is 0 Å². The lowest BCUT2D eigenvalue weighted by Crippen LogP contribution is -2.46. The first-order chi connectivity index (χ1) is 14.2. The van der Waals surface area contributed by atoms with Gasteiger partial charge in [-0.2, -0.15) is 0 Å². The molecule has 0 aliphatic carbocycles. The number of ether oxygens (including phenoxy) is 1. The normalized spacial score (nSPS) is 14.7. The molecule has 4 rings (SSSR count). The Morgan fingerprint density at radius 2 is 1.93 bits per heavy atom. The maximum atomic E-state index is 12.4. The lowest BCUT2D eigenvalue weighted by Gasteiger charge is -2.33. The molecule has 1 saturated heterocycles. The first-order valence-corrected chi connectivity index (χ1v) is 10.2. The molecule has 29 heavy (non-hydrogen) atoms. The Morgan fingerprint density at radius 3 is 2.76 bits per heavy atom. The molecule has 0 unspecified atom stereocenters. The smallest absolute Gasteiger partial charge is 0.258 e. The molecule has 0 spiro atoms. The predicted molar refractivity (Wildman–Crippen MR) is 114 cm³/mol. The van der Waals surface area contributed by atoms with Crippen LogP contribution in [0.5, 0.6) is 5.75 Å². The summed E-state index contributed by atoms with van der Waals surface area (Å²) in [5, 5.41) is 5.23. The van der Waals surface area contributed by atoms with Crippen molar-refractivity contribution in [2.45, 2.75) is 32.2 Å². The zero-order valence-electron chi connectivity index (χ0n) is 16.7. The lowest BCUT2D eigenvalue weighted by molar-refractivity contribution is -0.123. The van der Waals surface area contributed by atoms with E-state index < -0.39 is 0 Å². The van der Waals surface area contributed by atoms with Gasteiger partial charge in [-0.15, -0.1) is 0 Å². The van der Waals surface area contributed by atoms with E-state index in [0.29, 0.717) is 0 Å². The maximum absolute atomic E-state index is 12.4. The van der Waals surface area contributed by atoms with Crippen molar-refractivity contribution in [2.75, 3.05) is 24.6 Å².